The van der Waals surface area contributed by atoms with Crippen molar-refractivity contribution in [1.29, 1.82) is 0 Å². The first-order valence-electron chi connectivity index (χ1n) is 6.34. The number of allylic oxidation sites excluding steroid dienone is 2. The quantitative estimate of drug-likeness (QED) is 0.567. The summed E-state index contributed by atoms with van der Waals surface area (Å²) in [4.78, 5) is 0. The van der Waals surface area contributed by atoms with Crippen molar-refractivity contribution >= 4 is 10.1 Å². The Morgan fingerprint density at radius 3 is 2.62 bits per heavy atom. The lowest BCUT2D eigenvalue weighted by atomic mass is 9.80. The SMILES string of the molecule is [2H]C1=C(OS(=O)(=O)C(F)(F)F)C([2H])([2H])C([2H])C(C)(C)C1. The molecule has 0 amide bonds. The van der Waals surface area contributed by atoms with Crippen LogP contribution in [0.5, 0.6) is 0 Å². The van der Waals surface area contributed by atoms with Crippen molar-refractivity contribution in [3.8, 4) is 0 Å². The van der Waals surface area contributed by atoms with Gasteiger partial charge in [-0.2, -0.15) is 21.6 Å². The molecule has 1 aliphatic carbocycles. The zero-order chi connectivity index (χ0) is 16.1. The Hall–Kier alpha value is -0.720. The summed E-state index contributed by atoms with van der Waals surface area (Å²) in [5.74, 6) is -1.27. The molecule has 1 unspecified atom stereocenters. The van der Waals surface area contributed by atoms with Crippen molar-refractivity contribution in [2.24, 2.45) is 5.41 Å². The molecule has 0 spiro atoms. The third-order valence-corrected chi connectivity index (χ3v) is 2.73. The number of hydrogen-bond donors (Lipinski definition) is 0. The summed E-state index contributed by atoms with van der Waals surface area (Å²) in [6.45, 7) is 2.93. The van der Waals surface area contributed by atoms with Crippen LogP contribution in [-0.2, 0) is 14.3 Å². The van der Waals surface area contributed by atoms with E-state index in [1.807, 2.05) is 0 Å². The summed E-state index contributed by atoms with van der Waals surface area (Å²) < 4.78 is 92.8. The van der Waals surface area contributed by atoms with Crippen molar-refractivity contribution < 1.29 is 31.3 Å². The molecule has 0 radical (unpaired) electrons. The van der Waals surface area contributed by atoms with Crippen molar-refractivity contribution in [2.75, 3.05) is 0 Å². The Bertz CT molecular complexity index is 539. The molecule has 0 aromatic rings. The predicted molar refractivity (Wildman–Crippen MR) is 51.8 cm³/mol. The standard InChI is InChI=1S/C9H13F3O3S/c1-8(2)5-3-7(4-6-8)15-16(13,14)9(10,11)12/h3H,4-6H2,1-2H3/i3D,4D2,6D. The van der Waals surface area contributed by atoms with Gasteiger partial charge in [-0.05, 0) is 24.3 Å². The Morgan fingerprint density at radius 2 is 2.12 bits per heavy atom. The molecule has 0 aromatic heterocycles. The molecule has 0 heterocycles. The molecule has 1 rings (SSSR count). The zero-order valence-electron chi connectivity index (χ0n) is 12.6. The molecular weight excluding hydrogens is 245 g/mol. The fourth-order valence-electron chi connectivity index (χ4n) is 0.882. The van der Waals surface area contributed by atoms with E-state index in [4.69, 9.17) is 5.48 Å². The number of halogens is 3. The molecule has 7 heteroatoms. The minimum Gasteiger partial charge on any atom is -0.381 e. The van der Waals surface area contributed by atoms with Crippen LogP contribution in [0, 0.1) is 5.41 Å². The monoisotopic (exact) mass is 262 g/mol. The highest BCUT2D eigenvalue weighted by Crippen LogP contribution is 2.36. The first-order chi connectivity index (χ1) is 8.63. The van der Waals surface area contributed by atoms with Crippen LogP contribution in [0.4, 0.5) is 13.2 Å². The van der Waals surface area contributed by atoms with Crippen molar-refractivity contribution in [3.05, 3.63) is 11.8 Å². The number of hydrogen-bond acceptors (Lipinski definition) is 3. The van der Waals surface area contributed by atoms with Crippen molar-refractivity contribution in [3.63, 3.8) is 0 Å². The summed E-state index contributed by atoms with van der Waals surface area (Å²) in [5.41, 5.74) is -6.75. The topological polar surface area (TPSA) is 43.4 Å². The molecule has 0 fully saturated rings. The normalized spacial score (nSPS) is 33.4. The van der Waals surface area contributed by atoms with Crippen LogP contribution in [0.2, 0.25) is 0 Å². The van der Waals surface area contributed by atoms with Gasteiger partial charge in [0.1, 0.15) is 5.76 Å². The van der Waals surface area contributed by atoms with Gasteiger partial charge in [-0.3, -0.25) is 0 Å². The molecular formula is C9H13F3O3S. The first kappa shape index (κ1) is 8.38. The second-order valence-electron chi connectivity index (χ2n) is 3.94. The Morgan fingerprint density at radius 1 is 1.56 bits per heavy atom. The number of alkyl halides is 3. The smallest absolute Gasteiger partial charge is 0.381 e. The van der Waals surface area contributed by atoms with Gasteiger partial charge in [0.25, 0.3) is 0 Å². The lowest BCUT2D eigenvalue weighted by molar-refractivity contribution is -0.0525. The second-order valence-corrected chi connectivity index (χ2v) is 5.48. The molecule has 0 saturated carbocycles. The Labute approximate surface area is 98.0 Å². The highest BCUT2D eigenvalue weighted by Gasteiger charge is 2.49. The maximum atomic E-state index is 12.3. The van der Waals surface area contributed by atoms with Gasteiger partial charge < -0.3 is 4.18 Å². The van der Waals surface area contributed by atoms with E-state index in [9.17, 15) is 21.6 Å². The third kappa shape index (κ3) is 3.13. The Balaban J connectivity index is 3.31. The maximum absolute atomic E-state index is 12.3. The van der Waals surface area contributed by atoms with E-state index in [1.165, 1.54) is 13.8 Å². The van der Waals surface area contributed by atoms with Gasteiger partial charge in [-0.15, -0.1) is 0 Å². The molecule has 0 aromatic carbocycles. The molecule has 0 aliphatic heterocycles. The first-order valence-corrected chi connectivity index (χ1v) is 5.67. The molecule has 3 nitrogen and oxygen atoms in total. The largest absolute Gasteiger partial charge is 0.534 e. The lowest BCUT2D eigenvalue weighted by Gasteiger charge is -2.28. The van der Waals surface area contributed by atoms with Crippen LogP contribution in [0.25, 0.3) is 0 Å². The average molecular weight is 262 g/mol. The zero-order valence-corrected chi connectivity index (χ0v) is 9.37. The van der Waals surface area contributed by atoms with Gasteiger partial charge in [0.2, 0.25) is 0 Å². The molecule has 0 N–H and O–H groups in total. The van der Waals surface area contributed by atoms with E-state index >= 15 is 0 Å². The fraction of sp³-hybridized carbons (Fsp3) is 0.778. The highest BCUT2D eigenvalue weighted by atomic mass is 32.2. The summed E-state index contributed by atoms with van der Waals surface area (Å²) in [7, 11) is -6.06. The summed E-state index contributed by atoms with van der Waals surface area (Å²) >= 11 is 0. The van der Waals surface area contributed by atoms with Crippen LogP contribution >= 0.6 is 0 Å². The van der Waals surface area contributed by atoms with Crippen LogP contribution in [0.15, 0.2) is 11.8 Å². The summed E-state index contributed by atoms with van der Waals surface area (Å²) in [5, 5.41) is 0. The second kappa shape index (κ2) is 3.94. The van der Waals surface area contributed by atoms with E-state index in [0.29, 0.717) is 0 Å². The van der Waals surface area contributed by atoms with Gasteiger partial charge >= 0.3 is 15.6 Å². The van der Waals surface area contributed by atoms with E-state index in [2.05, 4.69) is 4.18 Å². The molecule has 0 saturated heterocycles. The van der Waals surface area contributed by atoms with E-state index < -0.39 is 45.6 Å². The van der Waals surface area contributed by atoms with E-state index in [0.717, 1.165) is 0 Å². The van der Waals surface area contributed by atoms with Crippen LogP contribution in [0.1, 0.15) is 38.5 Å². The molecule has 0 bridgehead atoms. The van der Waals surface area contributed by atoms with Crippen molar-refractivity contribution in [1.82, 2.24) is 0 Å². The van der Waals surface area contributed by atoms with Gasteiger partial charge in [0, 0.05) is 10.5 Å². The van der Waals surface area contributed by atoms with Gasteiger partial charge in [0.05, 0.1) is 1.37 Å². The molecule has 94 valence electrons. The molecule has 1 aliphatic rings. The molecule has 1 atom stereocenters. The average Bonchev–Trinajstić information content (AvgIpc) is 2.20. The third-order valence-electron chi connectivity index (χ3n) is 1.78. The fourth-order valence-corrected chi connectivity index (χ4v) is 1.30. The minimum absolute atomic E-state index is 0.261. The maximum Gasteiger partial charge on any atom is 0.534 e. The predicted octanol–water partition coefficient (Wildman–Crippen LogP) is 2.95. The van der Waals surface area contributed by atoms with Gasteiger partial charge in [-0.1, -0.05) is 13.8 Å². The van der Waals surface area contributed by atoms with Crippen LogP contribution < -0.4 is 0 Å². The van der Waals surface area contributed by atoms with Crippen LogP contribution in [0.3, 0.4) is 0 Å². The summed E-state index contributed by atoms with van der Waals surface area (Å²) in [6.07, 6.45) is -4.64. The van der Waals surface area contributed by atoms with Gasteiger partial charge in [0.15, 0.2) is 0 Å². The minimum atomic E-state index is -6.06. The van der Waals surface area contributed by atoms with E-state index in [1.54, 1.807) is 0 Å². The van der Waals surface area contributed by atoms with E-state index in [-0.39, 0.29) is 6.42 Å². The lowest BCUT2D eigenvalue weighted by Crippen LogP contribution is -2.26. The molecule has 16 heavy (non-hydrogen) atoms. The summed E-state index contributed by atoms with van der Waals surface area (Å²) in [6, 6.07) is -0.698. The number of rotatable bonds is 2. The van der Waals surface area contributed by atoms with Crippen LogP contribution in [-0.4, -0.2) is 13.9 Å². The van der Waals surface area contributed by atoms with Crippen molar-refractivity contribution in [2.45, 2.75) is 38.5 Å². The van der Waals surface area contributed by atoms with Gasteiger partial charge in [-0.25, -0.2) is 0 Å². The Kier molecular flexibility index (Phi) is 2.06. The highest BCUT2D eigenvalue weighted by molar-refractivity contribution is 7.87.